The largest absolute Gasteiger partial charge is 0.497 e. The summed E-state index contributed by atoms with van der Waals surface area (Å²) < 4.78 is 35.3. The predicted octanol–water partition coefficient (Wildman–Crippen LogP) is 4.15. The zero-order chi connectivity index (χ0) is 19.6. The summed E-state index contributed by atoms with van der Waals surface area (Å²) in [5.41, 5.74) is 0.533. The van der Waals surface area contributed by atoms with Crippen LogP contribution in [0.2, 0.25) is 0 Å². The van der Waals surface area contributed by atoms with Gasteiger partial charge in [0.1, 0.15) is 10.6 Å². The number of nitro benzene ring substituents is 1. The van der Waals surface area contributed by atoms with Crippen molar-refractivity contribution < 1.29 is 22.3 Å². The van der Waals surface area contributed by atoms with Gasteiger partial charge in [-0.25, -0.2) is 0 Å². The molecule has 0 saturated carbocycles. The molecule has 0 N–H and O–H groups in total. The zero-order valence-corrected chi connectivity index (χ0v) is 15.5. The van der Waals surface area contributed by atoms with Crippen molar-refractivity contribution in [2.24, 2.45) is 0 Å². The van der Waals surface area contributed by atoms with Gasteiger partial charge in [-0.1, -0.05) is 24.3 Å². The number of rotatable bonds is 6. The SMILES string of the molecule is CCOS(=O)(=O)c1ccc([N+](=O)[O-])cc1-c1cccc2ccc(OC)cc12. The number of methoxy groups -OCH3 is 1. The number of ether oxygens (including phenoxy) is 1. The fraction of sp³-hybridized carbons (Fsp3) is 0.158. The molecule has 0 saturated heterocycles. The Balaban J connectivity index is 2.37. The maximum Gasteiger partial charge on any atom is 0.297 e. The molecule has 0 amide bonds. The predicted molar refractivity (Wildman–Crippen MR) is 101 cm³/mol. The minimum atomic E-state index is -4.07. The molecule has 0 bridgehead atoms. The molecule has 0 spiro atoms. The van der Waals surface area contributed by atoms with E-state index in [0.29, 0.717) is 16.7 Å². The van der Waals surface area contributed by atoms with Gasteiger partial charge in [-0.15, -0.1) is 0 Å². The zero-order valence-electron chi connectivity index (χ0n) is 14.7. The minimum Gasteiger partial charge on any atom is -0.497 e. The molecule has 0 aromatic heterocycles. The van der Waals surface area contributed by atoms with Gasteiger partial charge >= 0.3 is 0 Å². The van der Waals surface area contributed by atoms with E-state index >= 15 is 0 Å². The summed E-state index contributed by atoms with van der Waals surface area (Å²) in [5, 5.41) is 12.8. The van der Waals surface area contributed by atoms with E-state index in [-0.39, 0.29) is 22.8 Å². The Kier molecular flexibility index (Phi) is 5.11. The molecule has 0 unspecified atom stereocenters. The smallest absolute Gasteiger partial charge is 0.297 e. The highest BCUT2D eigenvalue weighted by Crippen LogP contribution is 2.37. The topological polar surface area (TPSA) is 95.7 Å². The van der Waals surface area contributed by atoms with Gasteiger partial charge in [0, 0.05) is 17.7 Å². The van der Waals surface area contributed by atoms with Crippen LogP contribution in [0.25, 0.3) is 21.9 Å². The van der Waals surface area contributed by atoms with Gasteiger partial charge in [0.15, 0.2) is 0 Å². The second kappa shape index (κ2) is 7.34. The summed E-state index contributed by atoms with van der Waals surface area (Å²) in [4.78, 5) is 10.6. The molecule has 0 radical (unpaired) electrons. The van der Waals surface area contributed by atoms with Crippen LogP contribution in [-0.2, 0) is 14.3 Å². The second-order valence-electron chi connectivity index (χ2n) is 5.69. The molecule has 0 aliphatic carbocycles. The Morgan fingerprint density at radius 3 is 2.48 bits per heavy atom. The number of hydrogen-bond acceptors (Lipinski definition) is 6. The number of fused-ring (bicyclic) bond motifs is 1. The molecular formula is C19H17NO6S. The van der Waals surface area contributed by atoms with Crippen LogP contribution in [0, 0.1) is 10.1 Å². The molecular weight excluding hydrogens is 370 g/mol. The Morgan fingerprint density at radius 1 is 1.04 bits per heavy atom. The van der Waals surface area contributed by atoms with Crippen molar-refractivity contribution in [3.8, 4) is 16.9 Å². The fourth-order valence-corrected chi connectivity index (χ4v) is 4.00. The van der Waals surface area contributed by atoms with E-state index in [9.17, 15) is 18.5 Å². The Labute approximate surface area is 156 Å². The lowest BCUT2D eigenvalue weighted by molar-refractivity contribution is -0.384. The lowest BCUT2D eigenvalue weighted by Crippen LogP contribution is -2.08. The van der Waals surface area contributed by atoms with Crippen LogP contribution in [0.3, 0.4) is 0 Å². The van der Waals surface area contributed by atoms with Gasteiger partial charge in [0.25, 0.3) is 15.8 Å². The van der Waals surface area contributed by atoms with E-state index in [2.05, 4.69) is 0 Å². The first-order valence-electron chi connectivity index (χ1n) is 8.12. The molecule has 3 aromatic rings. The fourth-order valence-electron chi connectivity index (χ4n) is 2.89. The van der Waals surface area contributed by atoms with Crippen molar-refractivity contribution in [1.82, 2.24) is 0 Å². The third-order valence-corrected chi connectivity index (χ3v) is 5.54. The van der Waals surface area contributed by atoms with E-state index in [1.807, 2.05) is 12.1 Å². The average Bonchev–Trinajstić information content (AvgIpc) is 2.66. The quantitative estimate of drug-likeness (QED) is 0.358. The first-order chi connectivity index (χ1) is 12.9. The number of nitro groups is 1. The number of non-ortho nitro benzene ring substituents is 1. The summed E-state index contributed by atoms with van der Waals surface area (Å²) >= 11 is 0. The van der Waals surface area contributed by atoms with Gasteiger partial charge in [0.2, 0.25) is 0 Å². The molecule has 7 nitrogen and oxygen atoms in total. The summed E-state index contributed by atoms with van der Waals surface area (Å²) in [6.45, 7) is 1.52. The van der Waals surface area contributed by atoms with Crippen molar-refractivity contribution in [1.29, 1.82) is 0 Å². The third kappa shape index (κ3) is 3.62. The highest BCUT2D eigenvalue weighted by atomic mass is 32.2. The molecule has 0 aliphatic heterocycles. The van der Waals surface area contributed by atoms with E-state index < -0.39 is 15.0 Å². The van der Waals surface area contributed by atoms with E-state index in [1.54, 1.807) is 31.2 Å². The molecule has 0 aliphatic rings. The first kappa shape index (κ1) is 18.8. The minimum absolute atomic E-state index is 0.0396. The standard InChI is InChI=1S/C19H17NO6S/c1-3-26-27(23,24)19-10-8-14(20(21)22)11-18(19)16-6-4-5-13-7-9-15(25-2)12-17(13)16/h4-12H,3H2,1-2H3. The van der Waals surface area contributed by atoms with E-state index in [1.165, 1.54) is 19.2 Å². The van der Waals surface area contributed by atoms with Gasteiger partial charge in [-0.3, -0.25) is 14.3 Å². The van der Waals surface area contributed by atoms with Crippen molar-refractivity contribution in [2.45, 2.75) is 11.8 Å². The lowest BCUT2D eigenvalue weighted by atomic mass is 9.97. The molecule has 3 aromatic carbocycles. The van der Waals surface area contributed by atoms with Crippen LogP contribution in [-0.4, -0.2) is 27.1 Å². The van der Waals surface area contributed by atoms with Crippen LogP contribution < -0.4 is 4.74 Å². The Morgan fingerprint density at radius 2 is 1.81 bits per heavy atom. The van der Waals surface area contributed by atoms with Crippen LogP contribution in [0.5, 0.6) is 5.75 Å². The summed E-state index contributed by atoms with van der Waals surface area (Å²) in [6, 6.07) is 14.3. The monoisotopic (exact) mass is 387 g/mol. The van der Waals surface area contributed by atoms with E-state index in [4.69, 9.17) is 8.92 Å². The van der Waals surface area contributed by atoms with Gasteiger partial charge in [0.05, 0.1) is 18.6 Å². The van der Waals surface area contributed by atoms with Gasteiger partial charge in [-0.05, 0) is 41.5 Å². The lowest BCUT2D eigenvalue weighted by Gasteiger charge is -2.13. The highest BCUT2D eigenvalue weighted by molar-refractivity contribution is 7.87. The second-order valence-corrected chi connectivity index (χ2v) is 7.27. The molecule has 8 heteroatoms. The summed E-state index contributed by atoms with van der Waals surface area (Å²) in [6.07, 6.45) is 0. The molecule has 3 rings (SSSR count). The highest BCUT2D eigenvalue weighted by Gasteiger charge is 2.24. The van der Waals surface area contributed by atoms with Crippen LogP contribution >= 0.6 is 0 Å². The van der Waals surface area contributed by atoms with Gasteiger partial charge < -0.3 is 4.74 Å². The van der Waals surface area contributed by atoms with Crippen LogP contribution in [0.15, 0.2) is 59.5 Å². The molecule has 0 atom stereocenters. The van der Waals surface area contributed by atoms with Crippen molar-refractivity contribution in [2.75, 3.05) is 13.7 Å². The third-order valence-electron chi connectivity index (χ3n) is 4.10. The Hall–Kier alpha value is -2.97. The number of benzene rings is 3. The van der Waals surface area contributed by atoms with Crippen molar-refractivity contribution in [3.63, 3.8) is 0 Å². The molecule has 27 heavy (non-hydrogen) atoms. The van der Waals surface area contributed by atoms with Crippen molar-refractivity contribution >= 4 is 26.6 Å². The maximum absolute atomic E-state index is 12.5. The molecule has 140 valence electrons. The van der Waals surface area contributed by atoms with Crippen molar-refractivity contribution in [3.05, 3.63) is 64.7 Å². The first-order valence-corrected chi connectivity index (χ1v) is 9.53. The maximum atomic E-state index is 12.5. The van der Waals surface area contributed by atoms with Gasteiger partial charge in [-0.2, -0.15) is 8.42 Å². The van der Waals surface area contributed by atoms with E-state index in [0.717, 1.165) is 11.5 Å². The number of nitrogens with zero attached hydrogens (tertiary/aromatic N) is 1. The Bertz CT molecular complexity index is 1120. The molecule has 0 heterocycles. The number of hydrogen-bond donors (Lipinski definition) is 0. The van der Waals surface area contributed by atoms with Crippen LogP contribution in [0.4, 0.5) is 5.69 Å². The summed E-state index contributed by atoms with van der Waals surface area (Å²) in [5.74, 6) is 0.592. The summed E-state index contributed by atoms with van der Waals surface area (Å²) in [7, 11) is -2.54. The average molecular weight is 387 g/mol. The molecule has 0 fully saturated rings. The normalized spacial score (nSPS) is 11.5. The van der Waals surface area contributed by atoms with Crippen LogP contribution in [0.1, 0.15) is 6.92 Å².